The molecule has 0 amide bonds. The van der Waals surface area contributed by atoms with E-state index in [9.17, 15) is 8.42 Å². The maximum atomic E-state index is 10.7. The molecule has 1 saturated carbocycles. The van der Waals surface area contributed by atoms with E-state index in [1.165, 1.54) is 6.42 Å². The van der Waals surface area contributed by atoms with Crippen molar-refractivity contribution in [2.45, 2.75) is 25.7 Å². The normalized spacial score (nSPS) is 25.5. The summed E-state index contributed by atoms with van der Waals surface area (Å²) in [4.78, 5) is 0. The number of rotatable bonds is 4. The van der Waals surface area contributed by atoms with E-state index < -0.39 is 9.05 Å². The summed E-state index contributed by atoms with van der Waals surface area (Å²) in [7, 11) is 1.70. The van der Waals surface area contributed by atoms with Crippen LogP contribution in [0.1, 0.15) is 30.8 Å². The highest BCUT2D eigenvalue weighted by molar-refractivity contribution is 8.13. The van der Waals surface area contributed by atoms with Crippen LogP contribution in [0.5, 0.6) is 0 Å². The Morgan fingerprint density at radius 1 is 1.53 bits per heavy atom. The van der Waals surface area contributed by atoms with E-state index >= 15 is 0 Å². The summed E-state index contributed by atoms with van der Waals surface area (Å²) >= 11 is 0. The van der Waals surface area contributed by atoms with Gasteiger partial charge in [0.05, 0.1) is 5.75 Å². The second kappa shape index (κ2) is 3.83. The first-order valence-electron chi connectivity index (χ1n) is 4.96. The molecule has 0 N–H and O–H groups in total. The van der Waals surface area contributed by atoms with Gasteiger partial charge in [-0.2, -0.15) is 0 Å². The molecule has 1 aromatic rings. The van der Waals surface area contributed by atoms with Gasteiger partial charge in [0.15, 0.2) is 0 Å². The van der Waals surface area contributed by atoms with Crippen LogP contribution in [0.3, 0.4) is 0 Å². The maximum Gasteiger partial charge on any atom is 0.233 e. The quantitative estimate of drug-likeness (QED) is 0.770. The van der Waals surface area contributed by atoms with Crippen LogP contribution in [0.15, 0.2) is 16.5 Å². The molecular formula is C10H13ClO3S. The lowest BCUT2D eigenvalue weighted by Gasteiger charge is -1.94. The minimum absolute atomic E-state index is 0.0677. The molecule has 0 bridgehead atoms. The molecule has 84 valence electrons. The molecule has 0 radical (unpaired) electrons. The number of furan rings is 1. The third kappa shape index (κ3) is 2.98. The van der Waals surface area contributed by atoms with E-state index in [-0.39, 0.29) is 5.75 Å². The van der Waals surface area contributed by atoms with Gasteiger partial charge >= 0.3 is 0 Å². The summed E-state index contributed by atoms with van der Waals surface area (Å²) in [5, 5.41) is 0. The van der Waals surface area contributed by atoms with Crippen LogP contribution in [0.2, 0.25) is 0 Å². The molecule has 1 aliphatic rings. The van der Waals surface area contributed by atoms with E-state index in [4.69, 9.17) is 15.1 Å². The molecule has 5 heteroatoms. The Bertz CT molecular complexity index is 449. The monoisotopic (exact) mass is 248 g/mol. The Kier molecular flexibility index (Phi) is 2.81. The fraction of sp³-hybridized carbons (Fsp3) is 0.600. The summed E-state index contributed by atoms with van der Waals surface area (Å²) < 4.78 is 27.0. The van der Waals surface area contributed by atoms with Gasteiger partial charge in [0, 0.05) is 23.0 Å². The van der Waals surface area contributed by atoms with Crippen molar-refractivity contribution in [3.05, 3.63) is 23.7 Å². The Hall–Kier alpha value is -0.480. The van der Waals surface area contributed by atoms with Crippen molar-refractivity contribution in [3.8, 4) is 0 Å². The zero-order chi connectivity index (χ0) is 11.1. The molecule has 2 unspecified atom stereocenters. The van der Waals surface area contributed by atoms with E-state index in [1.54, 1.807) is 0 Å². The van der Waals surface area contributed by atoms with Crippen LogP contribution < -0.4 is 0 Å². The molecule has 2 rings (SSSR count). The van der Waals surface area contributed by atoms with Gasteiger partial charge in [0.2, 0.25) is 9.05 Å². The van der Waals surface area contributed by atoms with E-state index in [2.05, 4.69) is 6.92 Å². The molecule has 0 aliphatic heterocycles. The van der Waals surface area contributed by atoms with Gasteiger partial charge in [-0.05, 0) is 24.5 Å². The van der Waals surface area contributed by atoms with Crippen LogP contribution in [0, 0.1) is 5.92 Å². The van der Waals surface area contributed by atoms with Crippen LogP contribution in [-0.4, -0.2) is 14.2 Å². The first kappa shape index (κ1) is 11.0. The minimum atomic E-state index is -3.42. The molecular weight excluding hydrogens is 236 g/mol. The van der Waals surface area contributed by atoms with Crippen molar-refractivity contribution < 1.29 is 12.8 Å². The molecule has 1 aromatic heterocycles. The average molecular weight is 249 g/mol. The van der Waals surface area contributed by atoms with E-state index in [0.29, 0.717) is 24.0 Å². The summed E-state index contributed by atoms with van der Waals surface area (Å²) in [6.45, 7) is 2.18. The van der Waals surface area contributed by atoms with Crippen LogP contribution >= 0.6 is 10.7 Å². The van der Waals surface area contributed by atoms with Gasteiger partial charge in [-0.1, -0.05) is 6.92 Å². The third-order valence-electron chi connectivity index (χ3n) is 2.75. The highest BCUT2D eigenvalue weighted by atomic mass is 35.7. The second-order valence-corrected chi connectivity index (χ2v) is 7.01. The van der Waals surface area contributed by atoms with E-state index in [1.807, 2.05) is 12.1 Å². The standard InChI is InChI=1S/C10H13ClO3S/c1-7-6-9(7)10-3-2-8(14-10)4-5-15(11,12)13/h2-3,7,9H,4-6H2,1H3. The molecule has 0 saturated heterocycles. The van der Waals surface area contributed by atoms with Gasteiger partial charge in [0.25, 0.3) is 0 Å². The smallest absolute Gasteiger partial charge is 0.233 e. The fourth-order valence-electron chi connectivity index (χ4n) is 1.67. The summed E-state index contributed by atoms with van der Waals surface area (Å²) in [6.07, 6.45) is 1.52. The lowest BCUT2D eigenvalue weighted by atomic mass is 10.3. The first-order chi connectivity index (χ1) is 6.96. The maximum absolute atomic E-state index is 10.7. The average Bonchev–Trinajstić information content (AvgIpc) is 2.68. The van der Waals surface area contributed by atoms with E-state index in [0.717, 1.165) is 5.76 Å². The third-order valence-corrected chi connectivity index (χ3v) is 3.90. The number of hydrogen-bond donors (Lipinski definition) is 0. The van der Waals surface area contributed by atoms with Crippen molar-refractivity contribution in [1.82, 2.24) is 0 Å². The van der Waals surface area contributed by atoms with Crippen LogP contribution in [0.4, 0.5) is 0 Å². The van der Waals surface area contributed by atoms with Crippen molar-refractivity contribution in [1.29, 1.82) is 0 Å². The molecule has 15 heavy (non-hydrogen) atoms. The second-order valence-electron chi connectivity index (χ2n) is 4.12. The van der Waals surface area contributed by atoms with Crippen molar-refractivity contribution in [2.75, 3.05) is 5.75 Å². The van der Waals surface area contributed by atoms with Crippen molar-refractivity contribution in [3.63, 3.8) is 0 Å². The fourth-order valence-corrected chi connectivity index (χ4v) is 2.35. The summed E-state index contributed by atoms with van der Waals surface area (Å²) in [5.74, 6) is 2.84. The van der Waals surface area contributed by atoms with Gasteiger partial charge in [-0.15, -0.1) is 0 Å². The number of hydrogen-bond acceptors (Lipinski definition) is 3. The van der Waals surface area contributed by atoms with Gasteiger partial charge < -0.3 is 4.42 Å². The molecule has 1 heterocycles. The lowest BCUT2D eigenvalue weighted by Crippen LogP contribution is -1.99. The Morgan fingerprint density at radius 2 is 2.20 bits per heavy atom. The molecule has 0 aromatic carbocycles. The Labute approximate surface area is 93.8 Å². The van der Waals surface area contributed by atoms with Crippen LogP contribution in [0.25, 0.3) is 0 Å². The van der Waals surface area contributed by atoms with Crippen molar-refractivity contribution >= 4 is 19.7 Å². The number of aryl methyl sites for hydroxylation is 1. The zero-order valence-corrected chi connectivity index (χ0v) is 10.0. The summed E-state index contributed by atoms with van der Waals surface area (Å²) in [5.41, 5.74) is 0. The van der Waals surface area contributed by atoms with Gasteiger partial charge in [-0.25, -0.2) is 8.42 Å². The molecule has 1 fully saturated rings. The van der Waals surface area contributed by atoms with Gasteiger partial charge in [0.1, 0.15) is 11.5 Å². The Morgan fingerprint density at radius 3 is 2.73 bits per heavy atom. The first-order valence-corrected chi connectivity index (χ1v) is 7.44. The molecule has 1 aliphatic carbocycles. The van der Waals surface area contributed by atoms with Gasteiger partial charge in [-0.3, -0.25) is 0 Å². The summed E-state index contributed by atoms with van der Waals surface area (Å²) in [6, 6.07) is 3.77. The highest BCUT2D eigenvalue weighted by Crippen LogP contribution is 2.47. The Balaban J connectivity index is 1.96. The highest BCUT2D eigenvalue weighted by Gasteiger charge is 2.36. The van der Waals surface area contributed by atoms with Crippen LogP contribution in [-0.2, 0) is 15.5 Å². The predicted octanol–water partition coefficient (Wildman–Crippen LogP) is 2.51. The minimum Gasteiger partial charge on any atom is -0.466 e. The predicted molar refractivity (Wildman–Crippen MR) is 58.6 cm³/mol. The molecule has 2 atom stereocenters. The SMILES string of the molecule is CC1CC1c1ccc(CCS(=O)(=O)Cl)o1. The van der Waals surface area contributed by atoms with Crippen molar-refractivity contribution in [2.24, 2.45) is 5.92 Å². The molecule has 0 spiro atoms. The lowest BCUT2D eigenvalue weighted by molar-refractivity contribution is 0.466. The largest absolute Gasteiger partial charge is 0.466 e. The number of halogens is 1. The molecule has 3 nitrogen and oxygen atoms in total. The topological polar surface area (TPSA) is 47.3 Å². The zero-order valence-electron chi connectivity index (χ0n) is 8.44.